The first-order valence-electron chi connectivity index (χ1n) is 9.79. The number of rotatable bonds is 6. The lowest BCUT2D eigenvalue weighted by atomic mass is 9.63. The number of nitrogens with zero attached hydrogens (tertiary/aromatic N) is 3. The van der Waals surface area contributed by atoms with E-state index < -0.39 is 22.3 Å². The highest BCUT2D eigenvalue weighted by atomic mass is 32.1. The average molecular weight is 439 g/mol. The highest BCUT2D eigenvalue weighted by molar-refractivity contribution is 7.09. The maximum atomic E-state index is 14.2. The van der Waals surface area contributed by atoms with E-state index in [1.54, 1.807) is 24.3 Å². The van der Waals surface area contributed by atoms with Crippen LogP contribution in [0.5, 0.6) is 0 Å². The van der Waals surface area contributed by atoms with E-state index in [2.05, 4.69) is 4.98 Å². The second kappa shape index (κ2) is 7.91. The normalized spacial score (nSPS) is 27.0. The van der Waals surface area contributed by atoms with Gasteiger partial charge in [-0.2, -0.15) is 22.8 Å². The Morgan fingerprint density at radius 3 is 2.50 bits per heavy atom. The van der Waals surface area contributed by atoms with Gasteiger partial charge in [-0.15, -0.1) is 0 Å². The Kier molecular flexibility index (Phi) is 5.60. The monoisotopic (exact) mass is 439 g/mol. The van der Waals surface area contributed by atoms with E-state index in [1.165, 1.54) is 0 Å². The van der Waals surface area contributed by atoms with Crippen molar-refractivity contribution in [2.24, 2.45) is 5.41 Å². The van der Waals surface area contributed by atoms with Crippen LogP contribution in [0, 0.1) is 21.9 Å². The summed E-state index contributed by atoms with van der Waals surface area (Å²) in [7, 11) is 0. The molecule has 1 aromatic heterocycles. The predicted octanol–water partition coefficient (Wildman–Crippen LogP) is 4.70. The van der Waals surface area contributed by atoms with Crippen LogP contribution < -0.4 is 0 Å². The van der Waals surface area contributed by atoms with Crippen molar-refractivity contribution < 1.29 is 22.3 Å². The summed E-state index contributed by atoms with van der Waals surface area (Å²) in [6.45, 7) is 1.15. The molecule has 3 heterocycles. The maximum absolute atomic E-state index is 14.2. The molecule has 2 saturated heterocycles. The van der Waals surface area contributed by atoms with Crippen LogP contribution in [0.1, 0.15) is 35.4 Å². The average Bonchev–Trinajstić information content (AvgIpc) is 3.25. The van der Waals surface area contributed by atoms with Crippen molar-refractivity contribution in [3.05, 3.63) is 51.7 Å². The molecular formula is C21H21F4N3OS. The summed E-state index contributed by atoms with van der Waals surface area (Å²) in [6.07, 6.45) is -2.21. The predicted molar refractivity (Wildman–Crippen MR) is 103 cm³/mol. The SMILES string of the molecule is N#Cc1ccc(CC[C@@]2([C@@]3(C(F)(F)F)CCO3)CCN(Cc3ncc(F)s3)C2)cc1. The van der Waals surface area contributed by atoms with Gasteiger partial charge in [-0.3, -0.25) is 4.90 Å². The topological polar surface area (TPSA) is 49.1 Å². The molecule has 4 rings (SSSR count). The van der Waals surface area contributed by atoms with Crippen LogP contribution in [0.4, 0.5) is 17.6 Å². The molecule has 2 aliphatic heterocycles. The van der Waals surface area contributed by atoms with Crippen molar-refractivity contribution in [3.8, 4) is 6.07 Å². The first-order valence-corrected chi connectivity index (χ1v) is 10.6. The van der Waals surface area contributed by atoms with E-state index in [0.29, 0.717) is 42.9 Å². The van der Waals surface area contributed by atoms with Crippen molar-refractivity contribution in [1.82, 2.24) is 9.88 Å². The molecule has 0 unspecified atom stereocenters. The molecule has 2 atom stereocenters. The van der Waals surface area contributed by atoms with Gasteiger partial charge in [0, 0.05) is 18.4 Å². The molecule has 0 N–H and O–H groups in total. The van der Waals surface area contributed by atoms with Crippen molar-refractivity contribution >= 4 is 11.3 Å². The zero-order chi connectivity index (χ0) is 21.4. The lowest BCUT2D eigenvalue weighted by molar-refractivity contribution is -0.366. The number of hydrogen-bond acceptors (Lipinski definition) is 5. The molecule has 0 radical (unpaired) electrons. The molecule has 1 aromatic carbocycles. The summed E-state index contributed by atoms with van der Waals surface area (Å²) in [5.41, 5.74) is -1.81. The van der Waals surface area contributed by atoms with Gasteiger partial charge >= 0.3 is 6.18 Å². The molecule has 160 valence electrons. The Morgan fingerprint density at radius 2 is 1.97 bits per heavy atom. The molecule has 0 saturated carbocycles. The van der Waals surface area contributed by atoms with E-state index in [1.807, 2.05) is 11.0 Å². The Morgan fingerprint density at radius 1 is 1.23 bits per heavy atom. The molecule has 0 bridgehead atoms. The number of likely N-dealkylation sites (tertiary alicyclic amines) is 1. The van der Waals surface area contributed by atoms with E-state index in [-0.39, 0.29) is 19.6 Å². The van der Waals surface area contributed by atoms with E-state index in [9.17, 15) is 17.6 Å². The Labute approximate surface area is 176 Å². The number of ether oxygens (including phenoxy) is 1. The summed E-state index contributed by atoms with van der Waals surface area (Å²) in [6, 6.07) is 8.99. The molecule has 9 heteroatoms. The molecule has 2 aromatic rings. The van der Waals surface area contributed by atoms with Crippen molar-refractivity contribution in [2.75, 3.05) is 19.7 Å². The molecule has 2 fully saturated rings. The number of alkyl halides is 3. The summed E-state index contributed by atoms with van der Waals surface area (Å²) in [5.74, 6) is 0. The third-order valence-corrected chi connectivity index (χ3v) is 7.18. The Hall–Kier alpha value is -2.02. The van der Waals surface area contributed by atoms with Gasteiger partial charge < -0.3 is 4.74 Å². The minimum atomic E-state index is -4.46. The van der Waals surface area contributed by atoms with Crippen LogP contribution in [-0.2, 0) is 17.7 Å². The molecule has 4 nitrogen and oxygen atoms in total. The van der Waals surface area contributed by atoms with Crippen LogP contribution in [0.3, 0.4) is 0 Å². The van der Waals surface area contributed by atoms with Gasteiger partial charge in [-0.25, -0.2) is 4.98 Å². The van der Waals surface area contributed by atoms with Crippen molar-refractivity contribution in [3.63, 3.8) is 0 Å². The summed E-state index contributed by atoms with van der Waals surface area (Å²) in [4.78, 5) is 5.93. The third-order valence-electron chi connectivity index (χ3n) is 6.41. The summed E-state index contributed by atoms with van der Waals surface area (Å²) < 4.78 is 61.2. The third kappa shape index (κ3) is 3.72. The summed E-state index contributed by atoms with van der Waals surface area (Å²) >= 11 is 0.922. The van der Waals surface area contributed by atoms with E-state index in [4.69, 9.17) is 10.00 Å². The number of nitriles is 1. The number of benzene rings is 1. The molecule has 2 aliphatic rings. The molecule has 0 spiro atoms. The fourth-order valence-electron chi connectivity index (χ4n) is 4.76. The Bertz CT molecular complexity index is 933. The number of thiazole rings is 1. The van der Waals surface area contributed by atoms with Gasteiger partial charge in [0.1, 0.15) is 5.01 Å². The summed E-state index contributed by atoms with van der Waals surface area (Å²) in [5, 5.41) is 9.10. The van der Waals surface area contributed by atoms with Gasteiger partial charge in [-0.1, -0.05) is 23.5 Å². The second-order valence-electron chi connectivity index (χ2n) is 8.03. The van der Waals surface area contributed by atoms with Gasteiger partial charge in [0.2, 0.25) is 0 Å². The minimum absolute atomic E-state index is 0.0381. The van der Waals surface area contributed by atoms with Crippen molar-refractivity contribution in [2.45, 2.75) is 44.0 Å². The van der Waals surface area contributed by atoms with E-state index in [0.717, 1.165) is 23.1 Å². The lowest BCUT2D eigenvalue weighted by Crippen LogP contribution is -2.67. The Balaban J connectivity index is 1.56. The standard InChI is InChI=1S/C21H21F4N3OS/c22-17-12-27-18(30-17)13-28-9-7-19(14-28,20(8-10-29-20)21(23,24)25)6-5-15-1-3-16(11-26)4-2-15/h1-4,12H,5-10,13-14H2/t19-,20-/m1/s1. The first-order chi connectivity index (χ1) is 14.3. The van der Waals surface area contributed by atoms with Crippen LogP contribution in [0.2, 0.25) is 0 Å². The number of aromatic nitrogens is 1. The maximum Gasteiger partial charge on any atom is 0.418 e. The first kappa shape index (κ1) is 21.2. The molecule has 30 heavy (non-hydrogen) atoms. The number of hydrogen-bond donors (Lipinski definition) is 0. The molecule has 0 aliphatic carbocycles. The van der Waals surface area contributed by atoms with Gasteiger partial charge in [0.05, 0.1) is 31.0 Å². The highest BCUT2D eigenvalue weighted by Gasteiger charge is 2.71. The van der Waals surface area contributed by atoms with Gasteiger partial charge in [0.15, 0.2) is 10.7 Å². The fourth-order valence-corrected chi connectivity index (χ4v) is 5.44. The minimum Gasteiger partial charge on any atom is -0.365 e. The largest absolute Gasteiger partial charge is 0.418 e. The van der Waals surface area contributed by atoms with E-state index >= 15 is 0 Å². The fraction of sp³-hybridized carbons (Fsp3) is 0.524. The van der Waals surface area contributed by atoms with Crippen LogP contribution >= 0.6 is 11.3 Å². The van der Waals surface area contributed by atoms with Crippen LogP contribution in [-0.4, -0.2) is 41.4 Å². The lowest BCUT2D eigenvalue weighted by Gasteiger charge is -2.54. The second-order valence-corrected chi connectivity index (χ2v) is 9.10. The quantitative estimate of drug-likeness (QED) is 0.613. The van der Waals surface area contributed by atoms with Crippen LogP contribution in [0.15, 0.2) is 30.5 Å². The van der Waals surface area contributed by atoms with Gasteiger partial charge in [-0.05, 0) is 43.5 Å². The number of aryl methyl sites for hydroxylation is 1. The zero-order valence-electron chi connectivity index (χ0n) is 16.2. The smallest absolute Gasteiger partial charge is 0.365 e. The molecule has 0 amide bonds. The highest BCUT2D eigenvalue weighted by Crippen LogP contribution is 2.59. The number of halogens is 4. The van der Waals surface area contributed by atoms with Crippen LogP contribution in [0.25, 0.3) is 0 Å². The van der Waals surface area contributed by atoms with Gasteiger partial charge in [0.25, 0.3) is 0 Å². The van der Waals surface area contributed by atoms with Crippen molar-refractivity contribution in [1.29, 1.82) is 5.26 Å². The molecular weight excluding hydrogens is 418 g/mol. The zero-order valence-corrected chi connectivity index (χ0v) is 17.0.